The molecule has 2 heterocycles. The van der Waals surface area contributed by atoms with Gasteiger partial charge in [-0.15, -0.1) is 10.2 Å². The Morgan fingerprint density at radius 1 is 0.895 bits per heavy atom. The molecule has 0 unspecified atom stereocenters. The Hall–Kier alpha value is -0.860. The highest BCUT2D eigenvalue weighted by atomic mass is 15.3. The lowest BCUT2D eigenvalue weighted by atomic mass is 9.60. The topological polar surface area (TPSA) is 30.7 Å². The molecular formula is C16H25N3. The van der Waals surface area contributed by atoms with Crippen molar-refractivity contribution in [2.24, 2.45) is 5.92 Å². The lowest BCUT2D eigenvalue weighted by molar-refractivity contribution is 0.123. The van der Waals surface area contributed by atoms with Crippen molar-refractivity contribution in [1.82, 2.24) is 14.8 Å². The molecule has 104 valence electrons. The second kappa shape index (κ2) is 4.60. The van der Waals surface area contributed by atoms with E-state index in [1.165, 1.54) is 82.4 Å². The highest BCUT2D eigenvalue weighted by Crippen LogP contribution is 2.51. The van der Waals surface area contributed by atoms with Gasteiger partial charge in [-0.25, -0.2) is 0 Å². The van der Waals surface area contributed by atoms with E-state index in [-0.39, 0.29) is 0 Å². The van der Waals surface area contributed by atoms with Gasteiger partial charge in [-0.3, -0.25) is 0 Å². The molecule has 0 aromatic carbocycles. The van der Waals surface area contributed by atoms with E-state index in [1.807, 2.05) is 0 Å². The van der Waals surface area contributed by atoms with E-state index in [1.54, 1.807) is 0 Å². The fraction of sp³-hybridized carbons (Fsp3) is 0.875. The summed E-state index contributed by atoms with van der Waals surface area (Å²) in [5.41, 5.74) is 0.402. The van der Waals surface area contributed by atoms with Crippen molar-refractivity contribution in [3.05, 3.63) is 11.6 Å². The minimum Gasteiger partial charge on any atom is -0.315 e. The standard InChI is InChI=1S/C16H25N3/c1-2-4-12-19-14(5-3-1)17-18-15(19)16-9-6-13(7-10-16)8-11-16/h13H,1-12H2. The quantitative estimate of drug-likeness (QED) is 0.771. The van der Waals surface area contributed by atoms with E-state index >= 15 is 0 Å². The first kappa shape index (κ1) is 11.9. The predicted molar refractivity (Wildman–Crippen MR) is 75.1 cm³/mol. The molecule has 1 aromatic heterocycles. The van der Waals surface area contributed by atoms with Crippen LogP contribution in [0.3, 0.4) is 0 Å². The molecule has 2 bridgehead atoms. The molecule has 3 aliphatic carbocycles. The Labute approximate surface area is 115 Å². The lowest BCUT2D eigenvalue weighted by Gasteiger charge is -2.45. The van der Waals surface area contributed by atoms with Crippen LogP contribution in [0.2, 0.25) is 0 Å². The lowest BCUT2D eigenvalue weighted by Crippen LogP contribution is -2.40. The number of nitrogens with zero attached hydrogens (tertiary/aromatic N) is 3. The monoisotopic (exact) mass is 259 g/mol. The van der Waals surface area contributed by atoms with E-state index in [0.717, 1.165) is 12.3 Å². The number of aromatic nitrogens is 3. The van der Waals surface area contributed by atoms with Crippen LogP contribution in [0.15, 0.2) is 0 Å². The molecule has 1 aromatic rings. The van der Waals surface area contributed by atoms with E-state index in [9.17, 15) is 0 Å². The van der Waals surface area contributed by atoms with Gasteiger partial charge in [0.05, 0.1) is 0 Å². The first-order valence-corrected chi connectivity index (χ1v) is 8.30. The zero-order valence-corrected chi connectivity index (χ0v) is 11.9. The summed E-state index contributed by atoms with van der Waals surface area (Å²) in [5, 5.41) is 9.24. The van der Waals surface area contributed by atoms with Gasteiger partial charge in [0.25, 0.3) is 0 Å². The normalized spacial score (nSPS) is 34.6. The van der Waals surface area contributed by atoms with Crippen LogP contribution in [0.5, 0.6) is 0 Å². The van der Waals surface area contributed by atoms with Crippen LogP contribution in [-0.4, -0.2) is 14.8 Å². The van der Waals surface area contributed by atoms with Gasteiger partial charge in [-0.2, -0.15) is 0 Å². The van der Waals surface area contributed by atoms with E-state index in [2.05, 4.69) is 14.8 Å². The van der Waals surface area contributed by atoms with Gasteiger partial charge < -0.3 is 4.57 Å². The second-order valence-electron chi connectivity index (χ2n) is 7.02. The van der Waals surface area contributed by atoms with Crippen LogP contribution < -0.4 is 0 Å². The van der Waals surface area contributed by atoms with Crippen LogP contribution in [-0.2, 0) is 18.4 Å². The maximum absolute atomic E-state index is 4.69. The summed E-state index contributed by atoms with van der Waals surface area (Å²) in [7, 11) is 0. The van der Waals surface area contributed by atoms with Crippen molar-refractivity contribution in [2.75, 3.05) is 0 Å². The molecular weight excluding hydrogens is 234 g/mol. The SMILES string of the molecule is C1CCCn2c(nnc2C23CCC(CC2)CC3)CC1. The minimum absolute atomic E-state index is 0.402. The molecule has 0 N–H and O–H groups in total. The van der Waals surface area contributed by atoms with Crippen molar-refractivity contribution in [1.29, 1.82) is 0 Å². The van der Waals surface area contributed by atoms with Gasteiger partial charge in [0.15, 0.2) is 0 Å². The predicted octanol–water partition coefficient (Wildman–Crippen LogP) is 3.62. The van der Waals surface area contributed by atoms with Gasteiger partial charge in [0.2, 0.25) is 0 Å². The first-order chi connectivity index (χ1) is 9.37. The van der Waals surface area contributed by atoms with Crippen molar-refractivity contribution < 1.29 is 0 Å². The molecule has 0 radical (unpaired) electrons. The highest BCUT2D eigenvalue weighted by Gasteiger charge is 2.45. The smallest absolute Gasteiger partial charge is 0.139 e. The second-order valence-corrected chi connectivity index (χ2v) is 7.02. The largest absolute Gasteiger partial charge is 0.315 e. The van der Waals surface area contributed by atoms with Crippen LogP contribution in [0, 0.1) is 5.92 Å². The average molecular weight is 259 g/mol. The van der Waals surface area contributed by atoms with E-state index < -0.39 is 0 Å². The Bertz CT molecular complexity index is 441. The van der Waals surface area contributed by atoms with Gasteiger partial charge >= 0.3 is 0 Å². The molecule has 5 rings (SSSR count). The average Bonchev–Trinajstić information content (AvgIpc) is 2.83. The Kier molecular flexibility index (Phi) is 2.89. The van der Waals surface area contributed by atoms with E-state index in [0.29, 0.717) is 5.41 Å². The molecule has 0 amide bonds. The maximum Gasteiger partial charge on any atom is 0.139 e. The summed E-state index contributed by atoms with van der Waals surface area (Å²) in [5.74, 6) is 3.66. The van der Waals surface area contributed by atoms with Gasteiger partial charge in [0, 0.05) is 18.4 Å². The number of aryl methyl sites for hydroxylation is 1. The minimum atomic E-state index is 0.402. The molecule has 3 fully saturated rings. The molecule has 4 aliphatic rings. The van der Waals surface area contributed by atoms with Crippen LogP contribution in [0.1, 0.15) is 75.9 Å². The zero-order valence-electron chi connectivity index (χ0n) is 11.9. The molecule has 0 atom stereocenters. The summed E-state index contributed by atoms with van der Waals surface area (Å²) < 4.78 is 2.52. The third kappa shape index (κ3) is 1.93. The molecule has 3 heteroatoms. The van der Waals surface area contributed by atoms with Crippen molar-refractivity contribution >= 4 is 0 Å². The van der Waals surface area contributed by atoms with Crippen molar-refractivity contribution in [2.45, 2.75) is 82.6 Å². The van der Waals surface area contributed by atoms with Gasteiger partial charge in [-0.1, -0.05) is 12.8 Å². The highest BCUT2D eigenvalue weighted by molar-refractivity contribution is 5.15. The molecule has 19 heavy (non-hydrogen) atoms. The van der Waals surface area contributed by atoms with Gasteiger partial charge in [-0.05, 0) is 57.3 Å². The third-order valence-electron chi connectivity index (χ3n) is 5.93. The number of rotatable bonds is 1. The van der Waals surface area contributed by atoms with Crippen molar-refractivity contribution in [3.63, 3.8) is 0 Å². The summed E-state index contributed by atoms with van der Waals surface area (Å²) >= 11 is 0. The number of hydrogen-bond acceptors (Lipinski definition) is 2. The van der Waals surface area contributed by atoms with Crippen LogP contribution in [0.4, 0.5) is 0 Å². The molecule has 0 saturated heterocycles. The fourth-order valence-electron chi connectivity index (χ4n) is 4.64. The fourth-order valence-corrected chi connectivity index (χ4v) is 4.64. The summed E-state index contributed by atoms with van der Waals surface area (Å²) in [6.45, 7) is 1.17. The molecule has 0 spiro atoms. The summed E-state index contributed by atoms with van der Waals surface area (Å²) in [6, 6.07) is 0. The van der Waals surface area contributed by atoms with Crippen molar-refractivity contribution in [3.8, 4) is 0 Å². The third-order valence-corrected chi connectivity index (χ3v) is 5.93. The van der Waals surface area contributed by atoms with E-state index in [4.69, 9.17) is 0 Å². The zero-order chi connectivity index (χ0) is 12.7. The number of hydrogen-bond donors (Lipinski definition) is 0. The number of fused-ring (bicyclic) bond motifs is 4. The van der Waals surface area contributed by atoms with Crippen LogP contribution in [0.25, 0.3) is 0 Å². The Morgan fingerprint density at radius 3 is 2.42 bits per heavy atom. The Morgan fingerprint density at radius 2 is 1.63 bits per heavy atom. The Balaban J connectivity index is 1.70. The molecule has 1 aliphatic heterocycles. The van der Waals surface area contributed by atoms with Gasteiger partial charge in [0.1, 0.15) is 11.6 Å². The summed E-state index contributed by atoms with van der Waals surface area (Å²) in [4.78, 5) is 0. The maximum atomic E-state index is 4.69. The summed E-state index contributed by atoms with van der Waals surface area (Å²) in [6.07, 6.45) is 14.9. The first-order valence-electron chi connectivity index (χ1n) is 8.30. The molecule has 3 nitrogen and oxygen atoms in total. The molecule has 3 saturated carbocycles. The van der Waals surface area contributed by atoms with Crippen LogP contribution >= 0.6 is 0 Å².